The zero-order valence-electron chi connectivity index (χ0n) is 16.7. The number of aromatic nitrogens is 2. The molecule has 0 spiro atoms. The van der Waals surface area contributed by atoms with Crippen molar-refractivity contribution in [1.29, 1.82) is 0 Å². The summed E-state index contributed by atoms with van der Waals surface area (Å²) in [7, 11) is 0. The number of fused-ring (bicyclic) bond motifs is 4. The Bertz CT molecular complexity index is 1160. The molecule has 0 saturated heterocycles. The van der Waals surface area contributed by atoms with Crippen LogP contribution in [0.4, 0.5) is 0 Å². The number of carbonyl (C=O) groups excluding carboxylic acids is 1. The van der Waals surface area contributed by atoms with Gasteiger partial charge in [0.2, 0.25) is 5.91 Å². The Morgan fingerprint density at radius 2 is 2.00 bits per heavy atom. The summed E-state index contributed by atoms with van der Waals surface area (Å²) >= 11 is 1.62. The van der Waals surface area contributed by atoms with Crippen LogP contribution < -0.4 is 10.9 Å². The van der Waals surface area contributed by atoms with E-state index in [1.165, 1.54) is 39.7 Å². The number of benzene rings is 1. The fraction of sp³-hybridized carbons (Fsp3) is 0.435. The van der Waals surface area contributed by atoms with Gasteiger partial charge in [0, 0.05) is 4.88 Å². The third-order valence-corrected chi connectivity index (χ3v) is 7.46. The summed E-state index contributed by atoms with van der Waals surface area (Å²) in [6.07, 6.45) is 9.37. The van der Waals surface area contributed by atoms with Crippen LogP contribution >= 0.6 is 11.3 Å². The highest BCUT2D eigenvalue weighted by molar-refractivity contribution is 7.18. The lowest BCUT2D eigenvalue weighted by Gasteiger charge is -2.20. The molecule has 0 aliphatic heterocycles. The Morgan fingerprint density at radius 3 is 2.86 bits per heavy atom. The minimum Gasteiger partial charge on any atom is -0.348 e. The number of amides is 1. The number of nitrogens with zero attached hydrogens (tertiary/aromatic N) is 2. The van der Waals surface area contributed by atoms with Crippen molar-refractivity contribution in [3.63, 3.8) is 0 Å². The number of aryl methyl sites for hydroxylation is 4. The normalized spacial score (nSPS) is 16.4. The first kappa shape index (κ1) is 18.6. The summed E-state index contributed by atoms with van der Waals surface area (Å²) in [5.74, 6) is -0.162. The van der Waals surface area contributed by atoms with Gasteiger partial charge in [0.25, 0.3) is 5.56 Å². The van der Waals surface area contributed by atoms with E-state index in [1.807, 2.05) is 6.92 Å². The molecule has 3 aromatic rings. The molecule has 0 saturated carbocycles. The number of rotatable bonds is 4. The van der Waals surface area contributed by atoms with E-state index in [4.69, 9.17) is 0 Å². The standard InChI is InChI=1S/C23H25N3O2S/c1-14(16-10-9-15-5-2-3-6-17(15)11-16)25-20(27)12-26-13-24-22-21(23(26)28)18-7-4-8-19(18)29-22/h9-11,13-14H,2-8,12H2,1H3,(H,25,27)/t14-/m0/s1. The molecule has 5 rings (SSSR count). The Hall–Kier alpha value is -2.47. The van der Waals surface area contributed by atoms with Crippen LogP contribution in [-0.4, -0.2) is 15.5 Å². The van der Waals surface area contributed by atoms with E-state index >= 15 is 0 Å². The van der Waals surface area contributed by atoms with Gasteiger partial charge in [-0.15, -0.1) is 11.3 Å². The van der Waals surface area contributed by atoms with Gasteiger partial charge in [-0.05, 0) is 74.1 Å². The first-order chi connectivity index (χ1) is 14.1. The van der Waals surface area contributed by atoms with Crippen LogP contribution in [0.15, 0.2) is 29.3 Å². The first-order valence-electron chi connectivity index (χ1n) is 10.5. The molecule has 1 aromatic carbocycles. The Balaban J connectivity index is 1.33. The predicted molar refractivity (Wildman–Crippen MR) is 116 cm³/mol. The highest BCUT2D eigenvalue weighted by Crippen LogP contribution is 2.34. The number of hydrogen-bond acceptors (Lipinski definition) is 4. The molecule has 2 aliphatic carbocycles. The van der Waals surface area contributed by atoms with Gasteiger partial charge in [0.1, 0.15) is 11.4 Å². The first-order valence-corrected chi connectivity index (χ1v) is 11.3. The second-order valence-electron chi connectivity index (χ2n) is 8.24. The molecule has 2 aliphatic rings. The van der Waals surface area contributed by atoms with Crippen molar-refractivity contribution in [2.75, 3.05) is 0 Å². The maximum Gasteiger partial charge on any atom is 0.262 e. The van der Waals surface area contributed by atoms with Crippen molar-refractivity contribution in [3.8, 4) is 0 Å². The van der Waals surface area contributed by atoms with Gasteiger partial charge in [0.15, 0.2) is 0 Å². The average Bonchev–Trinajstić information content (AvgIpc) is 3.31. The lowest BCUT2D eigenvalue weighted by atomic mass is 9.89. The monoisotopic (exact) mass is 407 g/mol. The zero-order valence-corrected chi connectivity index (χ0v) is 17.5. The lowest BCUT2D eigenvalue weighted by molar-refractivity contribution is -0.122. The minimum atomic E-state index is -0.162. The van der Waals surface area contributed by atoms with Crippen molar-refractivity contribution >= 4 is 27.5 Å². The fourth-order valence-corrected chi connectivity index (χ4v) is 5.90. The third kappa shape index (κ3) is 3.39. The quantitative estimate of drug-likeness (QED) is 0.717. The lowest BCUT2D eigenvalue weighted by Crippen LogP contribution is -2.34. The summed E-state index contributed by atoms with van der Waals surface area (Å²) in [5, 5.41) is 3.77. The van der Waals surface area contributed by atoms with Crippen molar-refractivity contribution in [1.82, 2.24) is 14.9 Å². The summed E-state index contributed by atoms with van der Waals surface area (Å²) in [6.45, 7) is 2.00. The van der Waals surface area contributed by atoms with Gasteiger partial charge < -0.3 is 5.32 Å². The van der Waals surface area contributed by atoms with Crippen LogP contribution in [0.5, 0.6) is 0 Å². The molecule has 1 atom stereocenters. The highest BCUT2D eigenvalue weighted by atomic mass is 32.1. The van der Waals surface area contributed by atoms with E-state index in [9.17, 15) is 9.59 Å². The van der Waals surface area contributed by atoms with Crippen LogP contribution in [-0.2, 0) is 37.0 Å². The van der Waals surface area contributed by atoms with Crippen molar-refractivity contribution in [2.24, 2.45) is 0 Å². The van der Waals surface area contributed by atoms with Crippen LogP contribution in [0, 0.1) is 0 Å². The smallest absolute Gasteiger partial charge is 0.262 e. The summed E-state index contributed by atoms with van der Waals surface area (Å²) < 4.78 is 1.45. The largest absolute Gasteiger partial charge is 0.348 e. The number of nitrogens with one attached hydrogen (secondary N) is 1. The van der Waals surface area contributed by atoms with Gasteiger partial charge in [-0.25, -0.2) is 4.98 Å². The second kappa shape index (κ2) is 7.41. The molecule has 0 bridgehead atoms. The van der Waals surface area contributed by atoms with E-state index in [-0.39, 0.29) is 24.1 Å². The Labute approximate surface area is 173 Å². The van der Waals surface area contributed by atoms with Gasteiger partial charge in [-0.2, -0.15) is 0 Å². The topological polar surface area (TPSA) is 64.0 Å². The van der Waals surface area contributed by atoms with Crippen LogP contribution in [0.25, 0.3) is 10.2 Å². The van der Waals surface area contributed by atoms with E-state index in [0.717, 1.165) is 53.4 Å². The zero-order chi connectivity index (χ0) is 20.0. The van der Waals surface area contributed by atoms with E-state index in [2.05, 4.69) is 28.5 Å². The molecule has 0 radical (unpaired) electrons. The molecule has 5 nitrogen and oxygen atoms in total. The van der Waals surface area contributed by atoms with E-state index < -0.39 is 0 Å². The molecule has 150 valence electrons. The molecule has 6 heteroatoms. The van der Waals surface area contributed by atoms with Crippen LogP contribution in [0.3, 0.4) is 0 Å². The molecule has 0 fully saturated rings. The third-order valence-electron chi connectivity index (χ3n) is 6.26. The molecule has 2 heterocycles. The number of carbonyl (C=O) groups is 1. The molecule has 1 amide bonds. The van der Waals surface area contributed by atoms with Crippen LogP contribution in [0.2, 0.25) is 0 Å². The predicted octanol–water partition coefficient (Wildman–Crippen LogP) is 3.70. The van der Waals surface area contributed by atoms with Gasteiger partial charge >= 0.3 is 0 Å². The summed E-state index contributed by atoms with van der Waals surface area (Å²) in [6, 6.07) is 6.45. The molecular formula is C23H25N3O2S. The molecule has 29 heavy (non-hydrogen) atoms. The molecule has 2 aromatic heterocycles. The van der Waals surface area contributed by atoms with Crippen molar-refractivity contribution in [3.05, 3.63) is 62.0 Å². The maximum atomic E-state index is 13.0. The molecule has 1 N–H and O–H groups in total. The number of hydrogen-bond donors (Lipinski definition) is 1. The fourth-order valence-electron chi connectivity index (χ4n) is 4.68. The van der Waals surface area contributed by atoms with E-state index in [0.29, 0.717) is 0 Å². The highest BCUT2D eigenvalue weighted by Gasteiger charge is 2.22. The summed E-state index contributed by atoms with van der Waals surface area (Å²) in [4.78, 5) is 32.1. The number of thiophene rings is 1. The average molecular weight is 408 g/mol. The minimum absolute atomic E-state index is 0.00166. The SMILES string of the molecule is C[C@H](NC(=O)Cn1cnc2sc3c(c2c1=O)CCC3)c1ccc2c(c1)CCCC2. The van der Waals surface area contributed by atoms with Gasteiger partial charge in [-0.1, -0.05) is 18.2 Å². The van der Waals surface area contributed by atoms with E-state index in [1.54, 1.807) is 11.3 Å². The molecular weight excluding hydrogens is 382 g/mol. The van der Waals surface area contributed by atoms with Crippen molar-refractivity contribution in [2.45, 2.75) is 64.5 Å². The Morgan fingerprint density at radius 1 is 1.17 bits per heavy atom. The van der Waals surface area contributed by atoms with Crippen LogP contribution in [0.1, 0.15) is 59.4 Å². The van der Waals surface area contributed by atoms with Gasteiger partial charge in [0.05, 0.1) is 17.8 Å². The second-order valence-corrected chi connectivity index (χ2v) is 9.32. The Kier molecular flexibility index (Phi) is 4.74. The molecule has 0 unspecified atom stereocenters. The van der Waals surface area contributed by atoms with Crippen molar-refractivity contribution < 1.29 is 4.79 Å². The summed E-state index contributed by atoms with van der Waals surface area (Å²) in [5.41, 5.74) is 5.03. The maximum absolute atomic E-state index is 13.0. The van der Waals surface area contributed by atoms with Gasteiger partial charge in [-0.3, -0.25) is 14.2 Å².